The molecular weight excluding hydrogens is 358 g/mol. The van der Waals surface area contributed by atoms with E-state index in [1.807, 2.05) is 13.8 Å². The molecule has 0 aliphatic heterocycles. The lowest BCUT2D eigenvalue weighted by molar-refractivity contribution is -0.159. The predicted molar refractivity (Wildman–Crippen MR) is 111 cm³/mol. The van der Waals surface area contributed by atoms with Crippen LogP contribution in [0.4, 0.5) is 0 Å². The van der Waals surface area contributed by atoms with Crippen LogP contribution >= 0.6 is 0 Å². The van der Waals surface area contributed by atoms with Gasteiger partial charge in [0.2, 0.25) is 0 Å². The second-order valence-corrected chi connectivity index (χ2v) is 7.57. The highest BCUT2D eigenvalue weighted by atomic mass is 16.6. The summed E-state index contributed by atoms with van der Waals surface area (Å²) in [5, 5.41) is 2.70. The van der Waals surface area contributed by atoms with Crippen LogP contribution in [0, 0.1) is 11.8 Å². The van der Waals surface area contributed by atoms with E-state index in [2.05, 4.69) is 19.2 Å². The molecule has 6 nitrogen and oxygen atoms in total. The van der Waals surface area contributed by atoms with Gasteiger partial charge in [-0.05, 0) is 39.5 Å². The number of ether oxygens (including phenoxy) is 2. The minimum absolute atomic E-state index is 0.0907. The van der Waals surface area contributed by atoms with E-state index in [4.69, 9.17) is 9.47 Å². The fourth-order valence-corrected chi connectivity index (χ4v) is 2.93. The van der Waals surface area contributed by atoms with Crippen LogP contribution in [0.25, 0.3) is 0 Å². The molecule has 6 heteroatoms. The number of carbonyl (C=O) groups excluding carboxylic acids is 3. The minimum Gasteiger partial charge on any atom is -0.461 e. The molecule has 0 rings (SSSR count). The zero-order valence-electron chi connectivity index (χ0n) is 18.7. The smallest absolute Gasteiger partial charge is 0.309 e. The van der Waals surface area contributed by atoms with Crippen molar-refractivity contribution in [2.24, 2.45) is 11.8 Å². The van der Waals surface area contributed by atoms with Crippen molar-refractivity contribution in [3.63, 3.8) is 0 Å². The lowest BCUT2D eigenvalue weighted by atomic mass is 10.00. The SMILES string of the molecule is CCCC[C@H](CC)C(=O)O[C@H](C)CNC(=O)[C@H](C)OC(=O)[C@H](CC)CCCC. The molecule has 0 aromatic carbocycles. The molecule has 0 radical (unpaired) electrons. The standard InChI is InChI=1S/C22H41NO5/c1-7-11-13-18(9-3)21(25)27-16(5)15-23-20(24)17(6)28-22(26)19(10-4)14-12-8-2/h16-19H,7-15H2,1-6H3,(H,23,24)/t16-,17+,18+,19-/m1/s1. The minimum atomic E-state index is -0.862. The Balaban J connectivity index is 4.36. The molecule has 0 heterocycles. The van der Waals surface area contributed by atoms with Crippen LogP contribution in [0.1, 0.15) is 92.9 Å². The highest BCUT2D eigenvalue weighted by Gasteiger charge is 2.24. The summed E-state index contributed by atoms with van der Waals surface area (Å²) in [5.74, 6) is -1.16. The van der Waals surface area contributed by atoms with Crippen LogP contribution < -0.4 is 5.32 Å². The Bertz CT molecular complexity index is 466. The molecule has 4 atom stereocenters. The van der Waals surface area contributed by atoms with Gasteiger partial charge in [-0.25, -0.2) is 0 Å². The maximum atomic E-state index is 12.2. The summed E-state index contributed by atoms with van der Waals surface area (Å²) in [6, 6.07) is 0. The summed E-state index contributed by atoms with van der Waals surface area (Å²) < 4.78 is 10.8. The zero-order valence-corrected chi connectivity index (χ0v) is 18.7. The summed E-state index contributed by atoms with van der Waals surface area (Å²) >= 11 is 0. The van der Waals surface area contributed by atoms with Crippen molar-refractivity contribution in [3.05, 3.63) is 0 Å². The average molecular weight is 400 g/mol. The van der Waals surface area contributed by atoms with Crippen molar-refractivity contribution in [1.82, 2.24) is 5.32 Å². The van der Waals surface area contributed by atoms with Gasteiger partial charge in [-0.15, -0.1) is 0 Å². The van der Waals surface area contributed by atoms with E-state index >= 15 is 0 Å². The van der Waals surface area contributed by atoms with Crippen molar-refractivity contribution in [3.8, 4) is 0 Å². The Labute approximate surface area is 171 Å². The van der Waals surface area contributed by atoms with E-state index in [0.717, 1.165) is 44.9 Å². The van der Waals surface area contributed by atoms with E-state index in [1.165, 1.54) is 0 Å². The molecule has 0 aliphatic rings. The van der Waals surface area contributed by atoms with Gasteiger partial charge in [-0.3, -0.25) is 14.4 Å². The zero-order chi connectivity index (χ0) is 21.5. The Morgan fingerprint density at radius 1 is 0.786 bits per heavy atom. The van der Waals surface area contributed by atoms with Crippen LogP contribution in [0.15, 0.2) is 0 Å². The molecule has 1 amide bonds. The van der Waals surface area contributed by atoms with Gasteiger partial charge in [0.1, 0.15) is 6.10 Å². The second kappa shape index (κ2) is 15.3. The summed E-state index contributed by atoms with van der Waals surface area (Å²) in [5.41, 5.74) is 0. The van der Waals surface area contributed by atoms with Gasteiger partial charge < -0.3 is 14.8 Å². The molecule has 0 fully saturated rings. The molecule has 164 valence electrons. The summed E-state index contributed by atoms with van der Waals surface area (Å²) in [6.45, 7) is 11.6. The van der Waals surface area contributed by atoms with Crippen molar-refractivity contribution in [1.29, 1.82) is 0 Å². The lowest BCUT2D eigenvalue weighted by Gasteiger charge is -2.21. The average Bonchev–Trinajstić information content (AvgIpc) is 2.67. The Hall–Kier alpha value is -1.59. The topological polar surface area (TPSA) is 81.7 Å². The van der Waals surface area contributed by atoms with Gasteiger partial charge in [0.05, 0.1) is 18.4 Å². The molecule has 0 saturated carbocycles. The molecule has 1 N–H and O–H groups in total. The molecule has 0 aromatic heterocycles. The Morgan fingerprint density at radius 2 is 1.25 bits per heavy atom. The number of hydrogen-bond donors (Lipinski definition) is 1. The van der Waals surface area contributed by atoms with Crippen LogP contribution in [0.3, 0.4) is 0 Å². The van der Waals surface area contributed by atoms with Crippen LogP contribution in [0.5, 0.6) is 0 Å². The quantitative estimate of drug-likeness (QED) is 0.413. The largest absolute Gasteiger partial charge is 0.461 e. The fourth-order valence-electron chi connectivity index (χ4n) is 2.93. The van der Waals surface area contributed by atoms with Crippen molar-refractivity contribution in [2.45, 2.75) is 105 Å². The van der Waals surface area contributed by atoms with Gasteiger partial charge in [-0.1, -0.05) is 53.4 Å². The van der Waals surface area contributed by atoms with Crippen molar-refractivity contribution >= 4 is 17.8 Å². The summed E-state index contributed by atoms with van der Waals surface area (Å²) in [6.07, 6.45) is 5.81. The van der Waals surface area contributed by atoms with Gasteiger partial charge in [0, 0.05) is 0 Å². The lowest BCUT2D eigenvalue weighted by Crippen LogP contribution is -2.41. The molecule has 0 unspecified atom stereocenters. The number of unbranched alkanes of at least 4 members (excludes halogenated alkanes) is 2. The first-order chi connectivity index (χ1) is 13.3. The first kappa shape index (κ1) is 26.4. The molecule has 0 bridgehead atoms. The normalized spacial score (nSPS) is 15.2. The summed E-state index contributed by atoms with van der Waals surface area (Å²) in [4.78, 5) is 36.6. The van der Waals surface area contributed by atoms with E-state index in [0.29, 0.717) is 6.42 Å². The van der Waals surface area contributed by atoms with Crippen LogP contribution in [-0.4, -0.2) is 36.6 Å². The predicted octanol–water partition coefficient (Wildman–Crippen LogP) is 4.40. The number of carbonyl (C=O) groups is 3. The number of rotatable bonds is 15. The highest BCUT2D eigenvalue weighted by molar-refractivity contribution is 5.84. The molecule has 0 aromatic rings. The molecule has 28 heavy (non-hydrogen) atoms. The molecule has 0 spiro atoms. The molecular formula is C22H41NO5. The van der Waals surface area contributed by atoms with E-state index in [9.17, 15) is 14.4 Å². The maximum absolute atomic E-state index is 12.2. The number of esters is 2. The number of nitrogens with one attached hydrogen (secondary N) is 1. The first-order valence-corrected chi connectivity index (χ1v) is 11.0. The molecule has 0 saturated heterocycles. The summed E-state index contributed by atoms with van der Waals surface area (Å²) in [7, 11) is 0. The Kier molecular flexibility index (Phi) is 14.5. The first-order valence-electron chi connectivity index (χ1n) is 11.0. The number of hydrogen-bond acceptors (Lipinski definition) is 5. The van der Waals surface area contributed by atoms with Crippen molar-refractivity contribution in [2.75, 3.05) is 6.54 Å². The third-order valence-corrected chi connectivity index (χ3v) is 5.01. The highest BCUT2D eigenvalue weighted by Crippen LogP contribution is 2.16. The monoisotopic (exact) mass is 399 g/mol. The fraction of sp³-hybridized carbons (Fsp3) is 0.864. The van der Waals surface area contributed by atoms with Crippen molar-refractivity contribution < 1.29 is 23.9 Å². The molecule has 0 aliphatic carbocycles. The number of amides is 1. The van der Waals surface area contributed by atoms with Crippen LogP contribution in [0.2, 0.25) is 0 Å². The third kappa shape index (κ3) is 10.7. The van der Waals surface area contributed by atoms with Gasteiger partial charge in [0.25, 0.3) is 5.91 Å². The van der Waals surface area contributed by atoms with Gasteiger partial charge in [-0.2, -0.15) is 0 Å². The van der Waals surface area contributed by atoms with Gasteiger partial charge in [0.15, 0.2) is 6.10 Å². The van der Waals surface area contributed by atoms with E-state index in [-0.39, 0.29) is 36.2 Å². The Morgan fingerprint density at radius 3 is 1.68 bits per heavy atom. The van der Waals surface area contributed by atoms with E-state index in [1.54, 1.807) is 13.8 Å². The van der Waals surface area contributed by atoms with E-state index < -0.39 is 12.2 Å². The third-order valence-electron chi connectivity index (χ3n) is 5.01. The second-order valence-electron chi connectivity index (χ2n) is 7.57. The van der Waals surface area contributed by atoms with Crippen LogP contribution in [-0.2, 0) is 23.9 Å². The maximum Gasteiger partial charge on any atom is 0.309 e. The van der Waals surface area contributed by atoms with Gasteiger partial charge >= 0.3 is 11.9 Å².